The summed E-state index contributed by atoms with van der Waals surface area (Å²) in [4.78, 5) is 8.73. The lowest BCUT2D eigenvalue weighted by Crippen LogP contribution is -2.19. The van der Waals surface area contributed by atoms with Gasteiger partial charge in [-0.2, -0.15) is 5.10 Å². The van der Waals surface area contributed by atoms with Crippen molar-refractivity contribution in [3.8, 4) is 11.1 Å². The van der Waals surface area contributed by atoms with Crippen molar-refractivity contribution in [2.24, 2.45) is 17.8 Å². The third-order valence-corrected chi connectivity index (χ3v) is 6.31. The van der Waals surface area contributed by atoms with E-state index in [-0.39, 0.29) is 5.82 Å². The van der Waals surface area contributed by atoms with Crippen molar-refractivity contribution in [2.45, 2.75) is 25.3 Å². The minimum Gasteiger partial charge on any atom is -0.256 e. The standard InChI is InChI=1S/C24H23FN4/c25-20-6-3-5-17(12-20)19-8-9-21(27-14-19)10-11-23-22-7-2-1-4-18(22)13-24(23)29-16-26-15-28-29/h1-3,5-6,8-12,14-16,18,22-24H,4,7,13H2/t18-,22+,23+,24+/m1/s1. The van der Waals surface area contributed by atoms with E-state index in [1.807, 2.05) is 35.4 Å². The number of allylic oxidation sites excluding steroid dienone is 3. The molecule has 1 fully saturated rings. The lowest BCUT2D eigenvalue weighted by Gasteiger charge is -2.25. The van der Waals surface area contributed by atoms with Crippen molar-refractivity contribution >= 4 is 6.08 Å². The highest BCUT2D eigenvalue weighted by Gasteiger charge is 2.42. The molecule has 2 heterocycles. The summed E-state index contributed by atoms with van der Waals surface area (Å²) in [6, 6.07) is 10.9. The Bertz CT molecular complexity index is 1020. The first kappa shape index (κ1) is 18.0. The molecule has 0 N–H and O–H groups in total. The fourth-order valence-corrected chi connectivity index (χ4v) is 4.88. The first-order valence-electron chi connectivity index (χ1n) is 10.2. The normalized spacial score (nSPS) is 26.1. The van der Waals surface area contributed by atoms with Gasteiger partial charge in [-0.25, -0.2) is 14.1 Å². The number of benzene rings is 1. The summed E-state index contributed by atoms with van der Waals surface area (Å²) >= 11 is 0. The van der Waals surface area contributed by atoms with Crippen LogP contribution in [0.2, 0.25) is 0 Å². The van der Waals surface area contributed by atoms with Crippen molar-refractivity contribution in [1.29, 1.82) is 0 Å². The zero-order valence-corrected chi connectivity index (χ0v) is 16.1. The summed E-state index contributed by atoms with van der Waals surface area (Å²) in [7, 11) is 0. The maximum absolute atomic E-state index is 13.5. The van der Waals surface area contributed by atoms with Crippen LogP contribution in [0.1, 0.15) is 31.0 Å². The van der Waals surface area contributed by atoms with E-state index in [1.54, 1.807) is 12.4 Å². The second kappa shape index (κ2) is 7.74. The average molecular weight is 386 g/mol. The number of fused-ring (bicyclic) bond motifs is 1. The molecule has 0 amide bonds. The molecule has 1 saturated carbocycles. The number of nitrogens with zero attached hydrogens (tertiary/aromatic N) is 4. The van der Waals surface area contributed by atoms with E-state index in [0.29, 0.717) is 23.8 Å². The van der Waals surface area contributed by atoms with Gasteiger partial charge < -0.3 is 0 Å². The third kappa shape index (κ3) is 3.65. The molecule has 2 aromatic heterocycles. The molecular formula is C24H23FN4. The summed E-state index contributed by atoms with van der Waals surface area (Å²) in [5, 5.41) is 4.42. The third-order valence-electron chi connectivity index (χ3n) is 6.31. The first-order chi connectivity index (χ1) is 14.3. The molecule has 5 heteroatoms. The van der Waals surface area contributed by atoms with E-state index < -0.39 is 0 Å². The molecule has 0 bridgehead atoms. The van der Waals surface area contributed by atoms with Crippen molar-refractivity contribution in [3.63, 3.8) is 0 Å². The van der Waals surface area contributed by atoms with Crippen LogP contribution >= 0.6 is 0 Å². The molecule has 0 spiro atoms. The first-order valence-corrected chi connectivity index (χ1v) is 10.2. The summed E-state index contributed by atoms with van der Waals surface area (Å²) in [5.41, 5.74) is 2.67. The number of hydrogen-bond donors (Lipinski definition) is 0. The highest BCUT2D eigenvalue weighted by molar-refractivity contribution is 5.63. The lowest BCUT2D eigenvalue weighted by molar-refractivity contribution is 0.321. The monoisotopic (exact) mass is 386 g/mol. The Morgan fingerprint density at radius 3 is 2.79 bits per heavy atom. The van der Waals surface area contributed by atoms with Gasteiger partial charge in [-0.05, 0) is 60.9 Å². The predicted octanol–water partition coefficient (Wildman–Crippen LogP) is 5.34. The number of pyridine rings is 1. The van der Waals surface area contributed by atoms with Gasteiger partial charge in [0.05, 0.1) is 11.7 Å². The van der Waals surface area contributed by atoms with Gasteiger partial charge in [0.1, 0.15) is 18.5 Å². The lowest BCUT2D eigenvalue weighted by atomic mass is 9.81. The highest BCUT2D eigenvalue weighted by atomic mass is 19.1. The molecule has 1 aromatic carbocycles. The molecule has 5 rings (SSSR count). The van der Waals surface area contributed by atoms with E-state index in [4.69, 9.17) is 0 Å². The number of rotatable bonds is 4. The minimum absolute atomic E-state index is 0.233. The smallest absolute Gasteiger partial charge is 0.137 e. The van der Waals surface area contributed by atoms with Crippen LogP contribution in [0.5, 0.6) is 0 Å². The van der Waals surface area contributed by atoms with Crippen LogP contribution in [0.3, 0.4) is 0 Å². The zero-order valence-electron chi connectivity index (χ0n) is 16.1. The Kier molecular flexibility index (Phi) is 4.80. The fraction of sp³-hybridized carbons (Fsp3) is 0.292. The SMILES string of the molecule is Fc1cccc(-c2ccc(C=C[C@H]3[C@H]4CC=CC[C@@H]4C[C@@H]3n3cncn3)nc2)c1. The van der Waals surface area contributed by atoms with Gasteiger partial charge in [-0.3, -0.25) is 4.98 Å². The maximum Gasteiger partial charge on any atom is 0.137 e. The Labute approximate surface area is 169 Å². The van der Waals surface area contributed by atoms with Gasteiger partial charge >= 0.3 is 0 Å². The zero-order chi connectivity index (χ0) is 19.6. The van der Waals surface area contributed by atoms with Crippen LogP contribution in [0, 0.1) is 23.6 Å². The fourth-order valence-electron chi connectivity index (χ4n) is 4.88. The van der Waals surface area contributed by atoms with Crippen LogP contribution in [0.4, 0.5) is 4.39 Å². The van der Waals surface area contributed by atoms with E-state index in [1.165, 1.54) is 12.1 Å². The van der Waals surface area contributed by atoms with Gasteiger partial charge in [-0.1, -0.05) is 36.4 Å². The largest absolute Gasteiger partial charge is 0.256 e. The molecule has 0 unspecified atom stereocenters. The molecule has 4 nitrogen and oxygen atoms in total. The van der Waals surface area contributed by atoms with Gasteiger partial charge in [0.2, 0.25) is 0 Å². The van der Waals surface area contributed by atoms with Crippen molar-refractivity contribution in [2.75, 3.05) is 0 Å². The molecule has 4 atom stereocenters. The number of aromatic nitrogens is 4. The maximum atomic E-state index is 13.5. The Morgan fingerprint density at radius 2 is 2.00 bits per heavy atom. The van der Waals surface area contributed by atoms with E-state index in [9.17, 15) is 4.39 Å². The van der Waals surface area contributed by atoms with Gasteiger partial charge in [0, 0.05) is 17.7 Å². The van der Waals surface area contributed by atoms with Crippen molar-refractivity contribution in [3.05, 3.63) is 85.0 Å². The average Bonchev–Trinajstić information content (AvgIpc) is 3.40. The summed E-state index contributed by atoms with van der Waals surface area (Å²) in [5.74, 6) is 1.52. The van der Waals surface area contributed by atoms with Gasteiger partial charge in [-0.15, -0.1) is 0 Å². The Hall–Kier alpha value is -3.08. The summed E-state index contributed by atoms with van der Waals surface area (Å²) in [6.45, 7) is 0. The second-order valence-electron chi connectivity index (χ2n) is 7.96. The molecule has 2 aliphatic carbocycles. The van der Waals surface area contributed by atoms with E-state index in [0.717, 1.165) is 36.1 Å². The molecule has 0 aliphatic heterocycles. The molecule has 0 saturated heterocycles. The van der Waals surface area contributed by atoms with Crippen LogP contribution < -0.4 is 0 Å². The van der Waals surface area contributed by atoms with E-state index >= 15 is 0 Å². The highest BCUT2D eigenvalue weighted by Crippen LogP contribution is 2.50. The molecule has 146 valence electrons. The number of hydrogen-bond acceptors (Lipinski definition) is 3. The van der Waals surface area contributed by atoms with Gasteiger partial charge in [0.25, 0.3) is 0 Å². The number of halogens is 1. The Balaban J connectivity index is 1.38. The molecule has 2 aliphatic rings. The Morgan fingerprint density at radius 1 is 1.07 bits per heavy atom. The van der Waals surface area contributed by atoms with Crippen LogP contribution in [0.15, 0.2) is 73.5 Å². The van der Waals surface area contributed by atoms with Gasteiger partial charge in [0.15, 0.2) is 0 Å². The van der Waals surface area contributed by atoms with Crippen molar-refractivity contribution < 1.29 is 4.39 Å². The predicted molar refractivity (Wildman–Crippen MR) is 111 cm³/mol. The quantitative estimate of drug-likeness (QED) is 0.569. The topological polar surface area (TPSA) is 43.6 Å². The second-order valence-corrected chi connectivity index (χ2v) is 7.96. The molecule has 29 heavy (non-hydrogen) atoms. The van der Waals surface area contributed by atoms with Crippen LogP contribution in [-0.2, 0) is 0 Å². The summed E-state index contributed by atoms with van der Waals surface area (Å²) in [6.07, 6.45) is 17.7. The molecular weight excluding hydrogens is 363 g/mol. The molecule has 3 aromatic rings. The van der Waals surface area contributed by atoms with Crippen molar-refractivity contribution in [1.82, 2.24) is 19.7 Å². The molecule has 0 radical (unpaired) electrons. The summed E-state index contributed by atoms with van der Waals surface area (Å²) < 4.78 is 15.5. The van der Waals surface area contributed by atoms with E-state index in [2.05, 4.69) is 39.4 Å². The minimum atomic E-state index is -0.233. The van der Waals surface area contributed by atoms with Crippen LogP contribution in [0.25, 0.3) is 17.2 Å². The van der Waals surface area contributed by atoms with Crippen LogP contribution in [-0.4, -0.2) is 19.7 Å².